The van der Waals surface area contributed by atoms with Crippen molar-refractivity contribution in [3.63, 3.8) is 0 Å². The van der Waals surface area contributed by atoms with E-state index in [2.05, 4.69) is 6.92 Å². The lowest BCUT2D eigenvalue weighted by molar-refractivity contribution is -0.146. The van der Waals surface area contributed by atoms with E-state index in [1.807, 2.05) is 6.08 Å². The van der Waals surface area contributed by atoms with Gasteiger partial charge in [0.25, 0.3) is 0 Å². The maximum absolute atomic E-state index is 11.3. The lowest BCUT2D eigenvalue weighted by Crippen LogP contribution is -2.42. The van der Waals surface area contributed by atoms with Gasteiger partial charge >= 0.3 is 5.97 Å². The van der Waals surface area contributed by atoms with Crippen molar-refractivity contribution >= 4 is 5.97 Å². The Morgan fingerprint density at radius 2 is 1.75 bits per heavy atom. The highest BCUT2D eigenvalue weighted by Gasteiger charge is 2.21. The molecular weight excluding hydrogens is 254 g/mol. The second kappa shape index (κ2) is 13.1. The van der Waals surface area contributed by atoms with Crippen molar-refractivity contribution < 1.29 is 14.6 Å². The van der Waals surface area contributed by atoms with Crippen LogP contribution >= 0.6 is 0 Å². The van der Waals surface area contributed by atoms with Crippen molar-refractivity contribution in [1.29, 1.82) is 0 Å². The molecule has 0 spiro atoms. The van der Waals surface area contributed by atoms with Crippen LogP contribution in [0.2, 0.25) is 0 Å². The summed E-state index contributed by atoms with van der Waals surface area (Å²) in [4.78, 5) is 11.3. The maximum Gasteiger partial charge on any atom is 0.325 e. The van der Waals surface area contributed by atoms with Gasteiger partial charge < -0.3 is 15.6 Å². The van der Waals surface area contributed by atoms with Crippen LogP contribution in [0.15, 0.2) is 12.2 Å². The van der Waals surface area contributed by atoms with Gasteiger partial charge in [0, 0.05) is 0 Å². The van der Waals surface area contributed by atoms with E-state index in [4.69, 9.17) is 10.5 Å². The summed E-state index contributed by atoms with van der Waals surface area (Å²) in [5.74, 6) is -0.555. The zero-order valence-electron chi connectivity index (χ0n) is 13.0. The Kier molecular flexibility index (Phi) is 12.6. The van der Waals surface area contributed by atoms with E-state index in [0.717, 1.165) is 12.8 Å². The van der Waals surface area contributed by atoms with Gasteiger partial charge in [-0.1, -0.05) is 57.6 Å². The normalized spacial score (nSPS) is 14.4. The number of aliphatic hydroxyl groups excluding tert-OH is 1. The molecule has 0 rings (SSSR count). The SMILES string of the molecule is CCCCCCCCC/C=C/[C@@H](O)[C@@H](N)C(=O)OCC. The molecular formula is C16H31NO3. The molecule has 0 fully saturated rings. The molecule has 0 unspecified atom stereocenters. The highest BCUT2D eigenvalue weighted by molar-refractivity contribution is 5.76. The number of hydrogen-bond donors (Lipinski definition) is 2. The van der Waals surface area contributed by atoms with Gasteiger partial charge in [-0.15, -0.1) is 0 Å². The van der Waals surface area contributed by atoms with Crippen molar-refractivity contribution in [1.82, 2.24) is 0 Å². The Morgan fingerprint density at radius 3 is 2.35 bits per heavy atom. The van der Waals surface area contributed by atoms with Crippen LogP contribution in [0.25, 0.3) is 0 Å². The number of esters is 1. The highest BCUT2D eigenvalue weighted by Crippen LogP contribution is 2.09. The van der Waals surface area contributed by atoms with Gasteiger partial charge in [0.15, 0.2) is 0 Å². The van der Waals surface area contributed by atoms with Crippen LogP contribution in [-0.2, 0) is 9.53 Å². The molecule has 0 bridgehead atoms. The first-order valence-electron chi connectivity index (χ1n) is 7.90. The Labute approximate surface area is 123 Å². The number of carbonyl (C=O) groups excluding carboxylic acids is 1. The quantitative estimate of drug-likeness (QED) is 0.328. The number of carbonyl (C=O) groups is 1. The summed E-state index contributed by atoms with van der Waals surface area (Å²) in [6.07, 6.45) is 12.3. The number of rotatable bonds is 12. The summed E-state index contributed by atoms with van der Waals surface area (Å²) < 4.78 is 4.76. The fraction of sp³-hybridized carbons (Fsp3) is 0.812. The Balaban J connectivity index is 3.61. The Hall–Kier alpha value is -0.870. The zero-order valence-corrected chi connectivity index (χ0v) is 13.0. The smallest absolute Gasteiger partial charge is 0.325 e. The first-order valence-corrected chi connectivity index (χ1v) is 7.90. The molecule has 3 N–H and O–H groups in total. The minimum atomic E-state index is -0.986. The molecule has 0 saturated heterocycles. The number of allylic oxidation sites excluding steroid dienone is 1. The van der Waals surface area contributed by atoms with E-state index in [0.29, 0.717) is 0 Å². The minimum Gasteiger partial charge on any atom is -0.465 e. The maximum atomic E-state index is 11.3. The van der Waals surface area contributed by atoms with E-state index in [9.17, 15) is 9.90 Å². The molecule has 0 aromatic carbocycles. The Morgan fingerprint density at radius 1 is 1.15 bits per heavy atom. The van der Waals surface area contributed by atoms with Crippen molar-refractivity contribution in [2.24, 2.45) is 5.73 Å². The van der Waals surface area contributed by atoms with E-state index >= 15 is 0 Å². The Bertz CT molecular complexity index is 266. The van der Waals surface area contributed by atoms with Gasteiger partial charge in [0.1, 0.15) is 6.04 Å². The molecule has 0 aliphatic carbocycles. The third-order valence-corrected chi connectivity index (χ3v) is 3.23. The van der Waals surface area contributed by atoms with Crippen LogP contribution in [0.5, 0.6) is 0 Å². The highest BCUT2D eigenvalue weighted by atomic mass is 16.5. The second-order valence-corrected chi connectivity index (χ2v) is 5.11. The van der Waals surface area contributed by atoms with E-state index in [1.165, 1.54) is 38.5 Å². The average Bonchev–Trinajstić information content (AvgIpc) is 2.44. The molecule has 0 aromatic rings. The van der Waals surface area contributed by atoms with Crippen molar-refractivity contribution in [2.45, 2.75) is 77.4 Å². The van der Waals surface area contributed by atoms with Crippen LogP contribution in [0.4, 0.5) is 0 Å². The van der Waals surface area contributed by atoms with E-state index in [1.54, 1.807) is 13.0 Å². The van der Waals surface area contributed by atoms with Gasteiger partial charge in [0.2, 0.25) is 0 Å². The molecule has 118 valence electrons. The summed E-state index contributed by atoms with van der Waals surface area (Å²) >= 11 is 0. The molecule has 20 heavy (non-hydrogen) atoms. The number of ether oxygens (including phenoxy) is 1. The first-order chi connectivity index (χ1) is 9.63. The van der Waals surface area contributed by atoms with Crippen molar-refractivity contribution in [3.8, 4) is 0 Å². The number of unbranched alkanes of at least 4 members (excludes halogenated alkanes) is 7. The lowest BCUT2D eigenvalue weighted by Gasteiger charge is -2.13. The van der Waals surface area contributed by atoms with Gasteiger partial charge in [-0.05, 0) is 19.8 Å². The molecule has 0 amide bonds. The molecule has 0 aromatic heterocycles. The first kappa shape index (κ1) is 19.1. The third-order valence-electron chi connectivity index (χ3n) is 3.23. The second-order valence-electron chi connectivity index (χ2n) is 5.11. The van der Waals surface area contributed by atoms with Crippen LogP contribution in [0.1, 0.15) is 65.2 Å². The van der Waals surface area contributed by atoms with E-state index < -0.39 is 18.1 Å². The number of aliphatic hydroxyl groups is 1. The summed E-state index contributed by atoms with van der Waals surface area (Å²) in [6, 6.07) is -0.986. The number of nitrogens with two attached hydrogens (primary N) is 1. The molecule has 0 aliphatic rings. The predicted molar refractivity (Wildman–Crippen MR) is 82.4 cm³/mol. The van der Waals surface area contributed by atoms with Gasteiger partial charge in [-0.3, -0.25) is 4.79 Å². The fourth-order valence-corrected chi connectivity index (χ4v) is 1.95. The van der Waals surface area contributed by atoms with E-state index in [-0.39, 0.29) is 6.61 Å². The minimum absolute atomic E-state index is 0.279. The summed E-state index contributed by atoms with van der Waals surface area (Å²) in [7, 11) is 0. The largest absolute Gasteiger partial charge is 0.465 e. The molecule has 0 aliphatic heterocycles. The molecule has 0 heterocycles. The van der Waals surface area contributed by atoms with Crippen molar-refractivity contribution in [2.75, 3.05) is 6.61 Å². The molecule has 4 nitrogen and oxygen atoms in total. The molecule has 4 heteroatoms. The van der Waals surface area contributed by atoms with Gasteiger partial charge in [-0.25, -0.2) is 0 Å². The van der Waals surface area contributed by atoms with Crippen LogP contribution in [-0.4, -0.2) is 29.8 Å². The van der Waals surface area contributed by atoms with Crippen LogP contribution < -0.4 is 5.73 Å². The van der Waals surface area contributed by atoms with Gasteiger partial charge in [0.05, 0.1) is 12.7 Å². The summed E-state index contributed by atoms with van der Waals surface area (Å²) in [6.45, 7) is 4.21. The topological polar surface area (TPSA) is 72.5 Å². The van der Waals surface area contributed by atoms with Gasteiger partial charge in [-0.2, -0.15) is 0 Å². The van der Waals surface area contributed by atoms with Crippen LogP contribution in [0.3, 0.4) is 0 Å². The summed E-state index contributed by atoms with van der Waals surface area (Å²) in [5.41, 5.74) is 5.58. The standard InChI is InChI=1S/C16H31NO3/c1-3-5-6-7-8-9-10-11-12-13-14(18)15(17)16(19)20-4-2/h12-15,18H,3-11,17H2,1-2H3/b13-12+/t14-,15-/m1/s1. The predicted octanol–water partition coefficient (Wildman–Crippen LogP) is 2.93. The molecule has 2 atom stereocenters. The number of hydrogen-bond acceptors (Lipinski definition) is 4. The average molecular weight is 285 g/mol. The zero-order chi connectivity index (χ0) is 15.2. The fourth-order valence-electron chi connectivity index (χ4n) is 1.95. The lowest BCUT2D eigenvalue weighted by atomic mass is 10.1. The summed E-state index contributed by atoms with van der Waals surface area (Å²) in [5, 5.41) is 9.70. The molecule has 0 radical (unpaired) electrons. The van der Waals surface area contributed by atoms with Crippen LogP contribution in [0, 0.1) is 0 Å². The monoisotopic (exact) mass is 285 g/mol. The molecule has 0 saturated carbocycles. The third kappa shape index (κ3) is 9.98. The van der Waals surface area contributed by atoms with Crippen molar-refractivity contribution in [3.05, 3.63) is 12.2 Å².